The van der Waals surface area contributed by atoms with E-state index in [1.165, 1.54) is 24.1 Å². The zero-order valence-corrected chi connectivity index (χ0v) is 9.84. The maximum atomic E-state index is 5.72. The van der Waals surface area contributed by atoms with Crippen molar-refractivity contribution < 1.29 is 0 Å². The van der Waals surface area contributed by atoms with E-state index in [0.717, 1.165) is 18.0 Å². The highest BCUT2D eigenvalue weighted by Crippen LogP contribution is 2.42. The summed E-state index contributed by atoms with van der Waals surface area (Å²) in [6.45, 7) is 0.679. The Bertz CT molecular complexity index is 497. The second-order valence-corrected chi connectivity index (χ2v) is 4.61. The van der Waals surface area contributed by atoms with E-state index in [1.807, 2.05) is 29.1 Å². The lowest BCUT2D eigenvalue weighted by Gasteiger charge is -2.08. The van der Waals surface area contributed by atoms with Gasteiger partial charge in [-0.05, 0) is 43.0 Å². The van der Waals surface area contributed by atoms with Crippen molar-refractivity contribution in [2.75, 3.05) is 6.54 Å². The monoisotopic (exact) mass is 227 g/mol. The maximum Gasteiger partial charge on any atom is 0.0648 e. The molecule has 0 amide bonds. The fraction of sp³-hybridized carbons (Fsp3) is 0.357. The molecule has 0 bridgehead atoms. The van der Waals surface area contributed by atoms with Crippen LogP contribution in [0, 0.1) is 0 Å². The molecule has 1 aromatic carbocycles. The van der Waals surface area contributed by atoms with Gasteiger partial charge in [-0.15, -0.1) is 0 Å². The summed E-state index contributed by atoms with van der Waals surface area (Å²) in [4.78, 5) is 0. The third-order valence-corrected chi connectivity index (χ3v) is 3.30. The lowest BCUT2D eigenvalue weighted by Crippen LogP contribution is -2.10. The van der Waals surface area contributed by atoms with Crippen LogP contribution in [0.25, 0.3) is 5.69 Å². The average Bonchev–Trinajstić information content (AvgIpc) is 3.13. The van der Waals surface area contributed by atoms with Crippen molar-refractivity contribution in [3.05, 3.63) is 47.8 Å². The average molecular weight is 227 g/mol. The van der Waals surface area contributed by atoms with Gasteiger partial charge in [0, 0.05) is 12.1 Å². The minimum absolute atomic E-state index is 0.679. The van der Waals surface area contributed by atoms with Gasteiger partial charge in [0.25, 0.3) is 0 Å². The molecule has 0 spiro atoms. The van der Waals surface area contributed by atoms with Crippen LogP contribution in [0.2, 0.25) is 0 Å². The van der Waals surface area contributed by atoms with Gasteiger partial charge in [0.05, 0.1) is 11.9 Å². The number of hydrogen-bond acceptors (Lipinski definition) is 2. The van der Waals surface area contributed by atoms with Crippen LogP contribution in [0.1, 0.15) is 30.0 Å². The van der Waals surface area contributed by atoms with Crippen LogP contribution in [-0.2, 0) is 6.42 Å². The Hall–Kier alpha value is -1.61. The van der Waals surface area contributed by atoms with Gasteiger partial charge in [-0.2, -0.15) is 5.10 Å². The normalized spacial score (nSPS) is 15.1. The molecule has 0 unspecified atom stereocenters. The smallest absolute Gasteiger partial charge is 0.0648 e. The molecule has 1 fully saturated rings. The Morgan fingerprint density at radius 3 is 2.65 bits per heavy atom. The van der Waals surface area contributed by atoms with Gasteiger partial charge in [-0.1, -0.05) is 18.2 Å². The summed E-state index contributed by atoms with van der Waals surface area (Å²) in [6.07, 6.45) is 5.53. The number of benzene rings is 1. The molecule has 2 N–H and O–H groups in total. The summed E-state index contributed by atoms with van der Waals surface area (Å²) in [5.41, 5.74) is 9.54. The molecule has 1 aliphatic carbocycles. The molecule has 0 atom stereocenters. The Labute approximate surface area is 101 Å². The molecule has 88 valence electrons. The fourth-order valence-corrected chi connectivity index (χ4v) is 2.30. The van der Waals surface area contributed by atoms with Crippen LogP contribution in [0.4, 0.5) is 0 Å². The van der Waals surface area contributed by atoms with Crippen molar-refractivity contribution in [3.8, 4) is 5.69 Å². The molecule has 3 heteroatoms. The third-order valence-electron chi connectivity index (χ3n) is 3.30. The molecule has 1 saturated carbocycles. The van der Waals surface area contributed by atoms with Gasteiger partial charge in [-0.3, -0.25) is 0 Å². The molecule has 3 rings (SSSR count). The first kappa shape index (κ1) is 10.5. The highest BCUT2D eigenvalue weighted by molar-refractivity contribution is 5.37. The number of para-hydroxylation sites is 1. The zero-order valence-electron chi connectivity index (χ0n) is 9.84. The maximum absolute atomic E-state index is 5.72. The van der Waals surface area contributed by atoms with E-state index in [-0.39, 0.29) is 0 Å². The molecule has 1 heterocycles. The van der Waals surface area contributed by atoms with Gasteiger partial charge >= 0.3 is 0 Å². The van der Waals surface area contributed by atoms with E-state index in [0.29, 0.717) is 6.54 Å². The first-order valence-corrected chi connectivity index (χ1v) is 6.22. The lowest BCUT2D eigenvalue weighted by molar-refractivity contribution is 0.784. The van der Waals surface area contributed by atoms with E-state index >= 15 is 0 Å². The SMILES string of the molecule is NCCc1c(C2CC2)cnn1-c1ccccc1. The zero-order chi connectivity index (χ0) is 11.7. The van der Waals surface area contributed by atoms with E-state index in [9.17, 15) is 0 Å². The minimum atomic E-state index is 0.679. The van der Waals surface area contributed by atoms with E-state index in [1.54, 1.807) is 0 Å². The Kier molecular flexibility index (Phi) is 2.69. The van der Waals surface area contributed by atoms with Gasteiger partial charge in [0.2, 0.25) is 0 Å². The van der Waals surface area contributed by atoms with Crippen LogP contribution < -0.4 is 5.73 Å². The topological polar surface area (TPSA) is 43.8 Å². The number of nitrogens with zero attached hydrogens (tertiary/aromatic N) is 2. The molecule has 0 aliphatic heterocycles. The molecule has 0 saturated heterocycles. The molecule has 1 aliphatic rings. The molecular weight excluding hydrogens is 210 g/mol. The standard InChI is InChI=1S/C14H17N3/c15-9-8-14-13(11-6-7-11)10-16-17(14)12-4-2-1-3-5-12/h1-5,10-11H,6-9,15H2. The van der Waals surface area contributed by atoms with E-state index < -0.39 is 0 Å². The second kappa shape index (κ2) is 4.34. The van der Waals surface area contributed by atoms with E-state index in [4.69, 9.17) is 5.73 Å². The number of rotatable bonds is 4. The van der Waals surface area contributed by atoms with Crippen molar-refractivity contribution in [1.82, 2.24) is 9.78 Å². The predicted octanol–water partition coefficient (Wildman–Crippen LogP) is 2.25. The summed E-state index contributed by atoms with van der Waals surface area (Å²) in [5.74, 6) is 0.731. The first-order chi connectivity index (χ1) is 8.40. The summed E-state index contributed by atoms with van der Waals surface area (Å²) >= 11 is 0. The van der Waals surface area contributed by atoms with Gasteiger partial charge in [0.1, 0.15) is 0 Å². The predicted molar refractivity (Wildman–Crippen MR) is 68.3 cm³/mol. The largest absolute Gasteiger partial charge is 0.330 e. The number of aromatic nitrogens is 2. The number of hydrogen-bond donors (Lipinski definition) is 1. The molecule has 3 nitrogen and oxygen atoms in total. The van der Waals surface area contributed by atoms with Gasteiger partial charge < -0.3 is 5.73 Å². The van der Waals surface area contributed by atoms with Gasteiger partial charge in [0.15, 0.2) is 0 Å². The molecule has 1 aromatic heterocycles. The summed E-state index contributed by atoms with van der Waals surface area (Å²) < 4.78 is 2.04. The molecular formula is C14H17N3. The van der Waals surface area contributed by atoms with Crippen LogP contribution in [0.5, 0.6) is 0 Å². The van der Waals surface area contributed by atoms with Crippen molar-refractivity contribution >= 4 is 0 Å². The lowest BCUT2D eigenvalue weighted by atomic mass is 10.1. The first-order valence-electron chi connectivity index (χ1n) is 6.22. The van der Waals surface area contributed by atoms with Crippen molar-refractivity contribution in [3.63, 3.8) is 0 Å². The van der Waals surface area contributed by atoms with Crippen LogP contribution in [0.15, 0.2) is 36.5 Å². The molecule has 17 heavy (non-hydrogen) atoms. The minimum Gasteiger partial charge on any atom is -0.330 e. The Balaban J connectivity index is 2.04. The fourth-order valence-electron chi connectivity index (χ4n) is 2.30. The third kappa shape index (κ3) is 1.98. The summed E-state index contributed by atoms with van der Waals surface area (Å²) in [6, 6.07) is 10.3. The Morgan fingerprint density at radius 1 is 1.24 bits per heavy atom. The quantitative estimate of drug-likeness (QED) is 0.870. The van der Waals surface area contributed by atoms with Crippen LogP contribution >= 0.6 is 0 Å². The van der Waals surface area contributed by atoms with Crippen molar-refractivity contribution in [1.29, 1.82) is 0 Å². The van der Waals surface area contributed by atoms with Crippen molar-refractivity contribution in [2.24, 2.45) is 5.73 Å². The number of nitrogens with two attached hydrogens (primary N) is 1. The highest BCUT2D eigenvalue weighted by Gasteiger charge is 2.28. The Morgan fingerprint density at radius 2 is 2.00 bits per heavy atom. The highest BCUT2D eigenvalue weighted by atomic mass is 15.3. The summed E-state index contributed by atoms with van der Waals surface area (Å²) in [5, 5.41) is 4.53. The van der Waals surface area contributed by atoms with Crippen LogP contribution in [-0.4, -0.2) is 16.3 Å². The molecule has 0 radical (unpaired) electrons. The second-order valence-electron chi connectivity index (χ2n) is 4.61. The molecule has 2 aromatic rings. The van der Waals surface area contributed by atoms with E-state index in [2.05, 4.69) is 17.2 Å². The van der Waals surface area contributed by atoms with Crippen molar-refractivity contribution in [2.45, 2.75) is 25.2 Å². The van der Waals surface area contributed by atoms with Crippen LogP contribution in [0.3, 0.4) is 0 Å². The summed E-state index contributed by atoms with van der Waals surface area (Å²) in [7, 11) is 0. The van der Waals surface area contributed by atoms with Gasteiger partial charge in [-0.25, -0.2) is 4.68 Å².